The number of benzene rings is 7. The molecule has 9 aromatic rings. The molecule has 3 heterocycles. The van der Waals surface area contributed by atoms with Gasteiger partial charge >= 0.3 is 0 Å². The Bertz CT molecular complexity index is 2670. The first kappa shape index (κ1) is 26.9. The molecule has 48 heavy (non-hydrogen) atoms. The first-order valence-electron chi connectivity index (χ1n) is 16.5. The van der Waals surface area contributed by atoms with E-state index < -0.39 is 0 Å². The SMILES string of the molecule is c1ccc(-c2ccc(-c3nc(-c4ccccc4)nc4c3Cc3ccc5c6ccccc6n(c5c3)-c3ccc5ccccc5c3-4)cc2)cc1. The molecule has 224 valence electrons. The minimum Gasteiger partial charge on any atom is -0.309 e. The third-order valence-electron chi connectivity index (χ3n) is 9.81. The van der Waals surface area contributed by atoms with E-state index in [0.29, 0.717) is 6.42 Å². The second kappa shape index (κ2) is 10.6. The van der Waals surface area contributed by atoms with E-state index in [4.69, 9.17) is 9.97 Å². The zero-order valence-electron chi connectivity index (χ0n) is 26.1. The number of nitrogens with zero attached hydrogens (tertiary/aromatic N) is 3. The van der Waals surface area contributed by atoms with Gasteiger partial charge in [0.15, 0.2) is 5.82 Å². The van der Waals surface area contributed by atoms with Crippen LogP contribution in [0.15, 0.2) is 164 Å². The molecule has 7 aromatic carbocycles. The average Bonchev–Trinajstić information content (AvgIpc) is 3.50. The molecule has 2 bridgehead atoms. The van der Waals surface area contributed by atoms with Crippen molar-refractivity contribution in [2.45, 2.75) is 6.42 Å². The second-order valence-corrected chi connectivity index (χ2v) is 12.6. The van der Waals surface area contributed by atoms with E-state index in [0.717, 1.165) is 45.2 Å². The first-order valence-corrected chi connectivity index (χ1v) is 16.5. The van der Waals surface area contributed by atoms with Gasteiger partial charge in [0, 0.05) is 39.4 Å². The van der Waals surface area contributed by atoms with Crippen LogP contribution in [0.3, 0.4) is 0 Å². The summed E-state index contributed by atoms with van der Waals surface area (Å²) in [5.74, 6) is 0.726. The van der Waals surface area contributed by atoms with Crippen LogP contribution in [0.2, 0.25) is 0 Å². The van der Waals surface area contributed by atoms with Gasteiger partial charge in [0.1, 0.15) is 0 Å². The van der Waals surface area contributed by atoms with Crippen LogP contribution in [-0.2, 0) is 6.42 Å². The number of rotatable bonds is 3. The van der Waals surface area contributed by atoms with Gasteiger partial charge in [-0.15, -0.1) is 0 Å². The highest BCUT2D eigenvalue weighted by Crippen LogP contribution is 2.44. The van der Waals surface area contributed by atoms with Crippen molar-refractivity contribution in [3.8, 4) is 50.7 Å². The Hall–Kier alpha value is -6.32. The molecular weight excluding hydrogens is 583 g/mol. The molecule has 10 rings (SSSR count). The van der Waals surface area contributed by atoms with Crippen molar-refractivity contribution < 1.29 is 0 Å². The third kappa shape index (κ3) is 4.14. The predicted octanol–water partition coefficient (Wildman–Crippen LogP) is 11.3. The molecule has 1 aliphatic heterocycles. The van der Waals surface area contributed by atoms with Crippen LogP contribution in [-0.4, -0.2) is 14.5 Å². The molecule has 0 spiro atoms. The molecule has 0 saturated carbocycles. The quantitative estimate of drug-likeness (QED) is 0.199. The normalized spacial score (nSPS) is 12.1. The van der Waals surface area contributed by atoms with Crippen molar-refractivity contribution >= 4 is 32.6 Å². The molecule has 0 aliphatic carbocycles. The highest BCUT2D eigenvalue weighted by molar-refractivity contribution is 6.12. The summed E-state index contributed by atoms with van der Waals surface area (Å²) in [6, 6.07) is 58.7. The summed E-state index contributed by atoms with van der Waals surface area (Å²) >= 11 is 0. The highest BCUT2D eigenvalue weighted by Gasteiger charge is 2.26. The van der Waals surface area contributed by atoms with Gasteiger partial charge in [-0.2, -0.15) is 0 Å². The van der Waals surface area contributed by atoms with Gasteiger partial charge in [-0.05, 0) is 45.7 Å². The third-order valence-corrected chi connectivity index (χ3v) is 9.81. The number of hydrogen-bond acceptors (Lipinski definition) is 2. The Labute approximate surface area is 278 Å². The van der Waals surface area contributed by atoms with Gasteiger partial charge < -0.3 is 4.57 Å². The molecule has 0 atom stereocenters. The van der Waals surface area contributed by atoms with Crippen molar-refractivity contribution in [1.29, 1.82) is 0 Å². The Morgan fingerprint density at radius 1 is 0.438 bits per heavy atom. The Morgan fingerprint density at radius 3 is 1.88 bits per heavy atom. The maximum Gasteiger partial charge on any atom is 0.160 e. The average molecular weight is 612 g/mol. The Balaban J connectivity index is 1.34. The monoisotopic (exact) mass is 611 g/mol. The summed E-state index contributed by atoms with van der Waals surface area (Å²) in [4.78, 5) is 10.9. The molecule has 0 N–H and O–H groups in total. The molecule has 3 heteroatoms. The molecular formula is C45H29N3. The summed E-state index contributed by atoms with van der Waals surface area (Å²) in [6.45, 7) is 0. The van der Waals surface area contributed by atoms with Crippen LogP contribution in [0.1, 0.15) is 11.1 Å². The number of hydrogen-bond donors (Lipinski definition) is 0. The maximum absolute atomic E-state index is 5.52. The zero-order valence-corrected chi connectivity index (χ0v) is 26.1. The standard InChI is InChI=1S/C45H29N3/c1-3-11-30(12-4-1)31-20-22-33(23-21-31)43-38-27-29-19-25-37-36-17-9-10-18-39(36)48(41(37)28-29)40-26-24-32-13-7-8-16-35(32)42(40)44(38)47-45(46-43)34-14-5-2-6-15-34/h1-26,28H,27H2. The minimum absolute atomic E-state index is 0.709. The molecule has 2 aromatic heterocycles. The fourth-order valence-electron chi connectivity index (χ4n) is 7.55. The van der Waals surface area contributed by atoms with Gasteiger partial charge in [0.25, 0.3) is 0 Å². The van der Waals surface area contributed by atoms with E-state index in [-0.39, 0.29) is 0 Å². The van der Waals surface area contributed by atoms with Crippen molar-refractivity contribution in [1.82, 2.24) is 14.5 Å². The summed E-state index contributed by atoms with van der Waals surface area (Å²) in [5.41, 5.74) is 13.4. The summed E-state index contributed by atoms with van der Waals surface area (Å²) in [5, 5.41) is 4.88. The lowest BCUT2D eigenvalue weighted by atomic mass is 9.91. The lowest BCUT2D eigenvalue weighted by Crippen LogP contribution is -2.06. The van der Waals surface area contributed by atoms with E-state index in [1.165, 1.54) is 49.3 Å². The molecule has 0 amide bonds. The van der Waals surface area contributed by atoms with Crippen LogP contribution < -0.4 is 0 Å². The summed E-state index contributed by atoms with van der Waals surface area (Å²) < 4.78 is 2.45. The Morgan fingerprint density at radius 2 is 1.06 bits per heavy atom. The maximum atomic E-state index is 5.52. The minimum atomic E-state index is 0.709. The van der Waals surface area contributed by atoms with E-state index in [1.807, 2.05) is 6.07 Å². The topological polar surface area (TPSA) is 30.7 Å². The van der Waals surface area contributed by atoms with Crippen molar-refractivity contribution in [3.63, 3.8) is 0 Å². The van der Waals surface area contributed by atoms with Gasteiger partial charge in [0.2, 0.25) is 0 Å². The predicted molar refractivity (Wildman–Crippen MR) is 198 cm³/mol. The lowest BCUT2D eigenvalue weighted by molar-refractivity contribution is 1.09. The molecule has 0 unspecified atom stereocenters. The number of fused-ring (bicyclic) bond motifs is 10. The lowest BCUT2D eigenvalue weighted by Gasteiger charge is -2.20. The van der Waals surface area contributed by atoms with Crippen molar-refractivity contribution in [2.24, 2.45) is 0 Å². The van der Waals surface area contributed by atoms with Gasteiger partial charge in [-0.3, -0.25) is 0 Å². The van der Waals surface area contributed by atoms with Gasteiger partial charge in [-0.1, -0.05) is 146 Å². The number of aromatic nitrogens is 3. The summed E-state index contributed by atoms with van der Waals surface area (Å²) in [7, 11) is 0. The largest absolute Gasteiger partial charge is 0.309 e. The van der Waals surface area contributed by atoms with E-state index in [1.54, 1.807) is 0 Å². The van der Waals surface area contributed by atoms with Crippen LogP contribution in [0.5, 0.6) is 0 Å². The fraction of sp³-hybridized carbons (Fsp3) is 0.0222. The Kier molecular flexibility index (Phi) is 5.94. The first-order chi connectivity index (χ1) is 23.8. The molecule has 0 radical (unpaired) electrons. The molecule has 0 fully saturated rings. The smallest absolute Gasteiger partial charge is 0.160 e. The molecule has 0 saturated heterocycles. The zero-order chi connectivity index (χ0) is 31.6. The van der Waals surface area contributed by atoms with Crippen LogP contribution >= 0.6 is 0 Å². The van der Waals surface area contributed by atoms with E-state index >= 15 is 0 Å². The summed E-state index contributed by atoms with van der Waals surface area (Å²) in [6.07, 6.45) is 0.709. The van der Waals surface area contributed by atoms with Crippen molar-refractivity contribution in [2.75, 3.05) is 0 Å². The van der Waals surface area contributed by atoms with Crippen LogP contribution in [0, 0.1) is 0 Å². The van der Waals surface area contributed by atoms with Crippen LogP contribution in [0.25, 0.3) is 83.3 Å². The van der Waals surface area contributed by atoms with E-state index in [2.05, 4.69) is 162 Å². The van der Waals surface area contributed by atoms with E-state index in [9.17, 15) is 0 Å². The van der Waals surface area contributed by atoms with Gasteiger partial charge in [0.05, 0.1) is 28.1 Å². The van der Waals surface area contributed by atoms with Gasteiger partial charge in [-0.25, -0.2) is 9.97 Å². The van der Waals surface area contributed by atoms with Crippen molar-refractivity contribution in [3.05, 3.63) is 175 Å². The second-order valence-electron chi connectivity index (χ2n) is 12.6. The highest BCUT2D eigenvalue weighted by atomic mass is 15.0. The molecule has 1 aliphatic rings. The van der Waals surface area contributed by atoms with Crippen LogP contribution in [0.4, 0.5) is 0 Å². The molecule has 3 nitrogen and oxygen atoms in total. The number of para-hydroxylation sites is 1. The fourth-order valence-corrected chi connectivity index (χ4v) is 7.55.